The predicted octanol–water partition coefficient (Wildman–Crippen LogP) is 2.24. The summed E-state index contributed by atoms with van der Waals surface area (Å²) in [6.07, 6.45) is 3.10. The molecule has 2 unspecified atom stereocenters. The quantitative estimate of drug-likeness (QED) is 0.614. The SMILES string of the molecule is CC1(C)C2CC=C(S(=O)(=O)F)C1C2. The van der Waals surface area contributed by atoms with Gasteiger partial charge in [-0.25, -0.2) is 0 Å². The number of hydrogen-bond acceptors (Lipinski definition) is 2. The highest BCUT2D eigenvalue weighted by molar-refractivity contribution is 7.90. The lowest BCUT2D eigenvalue weighted by atomic mass is 9.51. The van der Waals surface area contributed by atoms with Gasteiger partial charge in [0.2, 0.25) is 0 Å². The monoisotopic (exact) mass is 204 g/mol. The van der Waals surface area contributed by atoms with Crippen molar-refractivity contribution in [2.45, 2.75) is 26.7 Å². The Kier molecular flexibility index (Phi) is 1.66. The van der Waals surface area contributed by atoms with E-state index in [1.165, 1.54) is 0 Å². The zero-order chi connectivity index (χ0) is 9.85. The van der Waals surface area contributed by atoms with Gasteiger partial charge in [-0.15, -0.1) is 3.89 Å². The highest BCUT2D eigenvalue weighted by atomic mass is 32.3. The Bertz CT molecular complexity index is 367. The van der Waals surface area contributed by atoms with Gasteiger partial charge in [0.1, 0.15) is 0 Å². The van der Waals surface area contributed by atoms with Crippen LogP contribution in [0.2, 0.25) is 0 Å². The van der Waals surface area contributed by atoms with E-state index in [2.05, 4.69) is 0 Å². The van der Waals surface area contributed by atoms with Crippen LogP contribution >= 0.6 is 0 Å². The van der Waals surface area contributed by atoms with Crippen molar-refractivity contribution in [3.05, 3.63) is 11.0 Å². The molecular formula is C9H13FO2S. The number of hydrogen-bond donors (Lipinski definition) is 0. The van der Waals surface area contributed by atoms with Crippen LogP contribution in [0, 0.1) is 17.3 Å². The zero-order valence-corrected chi connectivity index (χ0v) is 8.57. The highest BCUT2D eigenvalue weighted by Gasteiger charge is 2.54. The molecule has 74 valence electrons. The van der Waals surface area contributed by atoms with Crippen molar-refractivity contribution in [3.63, 3.8) is 0 Å². The first-order valence-electron chi connectivity index (χ1n) is 4.48. The molecule has 3 aliphatic rings. The smallest absolute Gasteiger partial charge is 0.190 e. The molecule has 3 rings (SSSR count). The zero-order valence-electron chi connectivity index (χ0n) is 7.75. The molecule has 2 nitrogen and oxygen atoms in total. The first-order valence-corrected chi connectivity index (χ1v) is 5.86. The van der Waals surface area contributed by atoms with E-state index in [1.54, 1.807) is 6.08 Å². The summed E-state index contributed by atoms with van der Waals surface area (Å²) in [6.45, 7) is 4.04. The number of allylic oxidation sites excluding steroid dienone is 2. The molecule has 1 fully saturated rings. The van der Waals surface area contributed by atoms with Crippen LogP contribution in [-0.2, 0) is 10.2 Å². The van der Waals surface area contributed by atoms with Crippen molar-refractivity contribution in [3.8, 4) is 0 Å². The van der Waals surface area contributed by atoms with Crippen LogP contribution in [0.15, 0.2) is 11.0 Å². The van der Waals surface area contributed by atoms with Gasteiger partial charge in [0, 0.05) is 5.92 Å². The molecule has 2 atom stereocenters. The van der Waals surface area contributed by atoms with Crippen molar-refractivity contribution < 1.29 is 12.3 Å². The Morgan fingerprint density at radius 1 is 1.54 bits per heavy atom. The Balaban J connectivity index is 2.40. The van der Waals surface area contributed by atoms with E-state index in [-0.39, 0.29) is 16.2 Å². The molecule has 0 N–H and O–H groups in total. The molecule has 2 bridgehead atoms. The third-order valence-electron chi connectivity index (χ3n) is 3.70. The van der Waals surface area contributed by atoms with Crippen molar-refractivity contribution in [2.24, 2.45) is 17.3 Å². The van der Waals surface area contributed by atoms with Gasteiger partial charge < -0.3 is 0 Å². The van der Waals surface area contributed by atoms with E-state index < -0.39 is 10.2 Å². The number of fused-ring (bicyclic) bond motifs is 1. The maximum Gasteiger partial charge on any atom is 0.328 e. The molecule has 0 aromatic heterocycles. The third-order valence-corrected chi connectivity index (χ3v) is 4.71. The molecule has 0 spiro atoms. The molecule has 0 aromatic carbocycles. The fourth-order valence-corrected chi connectivity index (χ4v) is 3.60. The molecular weight excluding hydrogens is 191 g/mol. The van der Waals surface area contributed by atoms with Gasteiger partial charge in [0.25, 0.3) is 0 Å². The molecule has 0 radical (unpaired) electrons. The minimum atomic E-state index is -4.45. The minimum Gasteiger partial charge on any atom is -0.190 e. The molecule has 0 aromatic rings. The van der Waals surface area contributed by atoms with Crippen LogP contribution in [0.25, 0.3) is 0 Å². The van der Waals surface area contributed by atoms with Gasteiger partial charge in [-0.05, 0) is 24.2 Å². The van der Waals surface area contributed by atoms with Gasteiger partial charge in [0.15, 0.2) is 0 Å². The summed E-state index contributed by atoms with van der Waals surface area (Å²) in [6, 6.07) is 0. The first-order chi connectivity index (χ1) is 5.83. The van der Waals surface area contributed by atoms with E-state index in [1.807, 2.05) is 13.8 Å². The second kappa shape index (κ2) is 2.35. The second-order valence-electron chi connectivity index (χ2n) is 4.59. The van der Waals surface area contributed by atoms with E-state index in [9.17, 15) is 12.3 Å². The summed E-state index contributed by atoms with van der Waals surface area (Å²) in [7, 11) is -4.45. The third kappa shape index (κ3) is 1.15. The topological polar surface area (TPSA) is 34.1 Å². The van der Waals surface area contributed by atoms with Crippen LogP contribution < -0.4 is 0 Å². The standard InChI is InChI=1S/C9H13FO2S/c1-9(2)6-3-4-8(7(9)5-6)13(10,11)12/h4,6-7H,3,5H2,1-2H3. The van der Waals surface area contributed by atoms with Crippen LogP contribution in [-0.4, -0.2) is 8.42 Å². The minimum absolute atomic E-state index is 0.0246. The summed E-state index contributed by atoms with van der Waals surface area (Å²) in [5.74, 6) is 0.462. The maximum absolute atomic E-state index is 12.8. The Labute approximate surface area is 78.0 Å². The molecule has 3 aliphatic carbocycles. The second-order valence-corrected chi connectivity index (χ2v) is 5.93. The van der Waals surface area contributed by atoms with Crippen molar-refractivity contribution >= 4 is 10.2 Å². The summed E-state index contributed by atoms with van der Waals surface area (Å²) >= 11 is 0. The number of halogens is 1. The lowest BCUT2D eigenvalue weighted by molar-refractivity contribution is -0.000879. The van der Waals surface area contributed by atoms with Crippen LogP contribution in [0.4, 0.5) is 3.89 Å². The molecule has 0 aliphatic heterocycles. The summed E-state index contributed by atoms with van der Waals surface area (Å²) < 4.78 is 34.3. The predicted molar refractivity (Wildman–Crippen MR) is 48.1 cm³/mol. The average molecular weight is 204 g/mol. The van der Waals surface area contributed by atoms with E-state index in [0.717, 1.165) is 6.42 Å². The summed E-state index contributed by atoms with van der Waals surface area (Å²) in [4.78, 5) is 0.0278. The number of rotatable bonds is 1. The van der Waals surface area contributed by atoms with Crippen LogP contribution in [0.3, 0.4) is 0 Å². The van der Waals surface area contributed by atoms with Crippen LogP contribution in [0.5, 0.6) is 0 Å². The molecule has 0 amide bonds. The van der Waals surface area contributed by atoms with Crippen molar-refractivity contribution in [1.29, 1.82) is 0 Å². The molecule has 1 saturated carbocycles. The van der Waals surface area contributed by atoms with Crippen molar-refractivity contribution in [1.82, 2.24) is 0 Å². The largest absolute Gasteiger partial charge is 0.328 e. The van der Waals surface area contributed by atoms with Crippen molar-refractivity contribution in [2.75, 3.05) is 0 Å². The highest BCUT2D eigenvalue weighted by Crippen LogP contribution is 2.60. The van der Waals surface area contributed by atoms with Gasteiger partial charge in [-0.2, -0.15) is 8.42 Å². The van der Waals surface area contributed by atoms with E-state index in [0.29, 0.717) is 12.3 Å². The summed E-state index contributed by atoms with van der Waals surface area (Å²) in [5.41, 5.74) is -0.0246. The van der Waals surface area contributed by atoms with E-state index >= 15 is 0 Å². The molecule has 0 saturated heterocycles. The molecule has 0 heterocycles. The Morgan fingerprint density at radius 3 is 2.46 bits per heavy atom. The van der Waals surface area contributed by atoms with Gasteiger partial charge in [-0.1, -0.05) is 19.9 Å². The Hall–Kier alpha value is -0.380. The van der Waals surface area contributed by atoms with Gasteiger partial charge >= 0.3 is 10.2 Å². The van der Waals surface area contributed by atoms with Gasteiger partial charge in [-0.3, -0.25) is 0 Å². The Morgan fingerprint density at radius 2 is 2.15 bits per heavy atom. The lowest BCUT2D eigenvalue weighted by Gasteiger charge is -2.55. The molecule has 13 heavy (non-hydrogen) atoms. The average Bonchev–Trinajstić information content (AvgIpc) is 2.02. The fourth-order valence-electron chi connectivity index (χ4n) is 2.57. The molecule has 4 heteroatoms. The normalized spacial score (nSPS) is 36.4. The lowest BCUT2D eigenvalue weighted by Crippen LogP contribution is -2.48. The summed E-state index contributed by atoms with van der Waals surface area (Å²) in [5, 5.41) is 0. The fraction of sp³-hybridized carbons (Fsp3) is 0.778. The van der Waals surface area contributed by atoms with Gasteiger partial charge in [0.05, 0.1) is 4.91 Å². The van der Waals surface area contributed by atoms with E-state index in [4.69, 9.17) is 0 Å². The first kappa shape index (κ1) is 9.19. The maximum atomic E-state index is 12.8. The van der Waals surface area contributed by atoms with Crippen LogP contribution in [0.1, 0.15) is 26.7 Å².